The van der Waals surface area contributed by atoms with Crippen LogP contribution in [0.1, 0.15) is 12.5 Å². The highest BCUT2D eigenvalue weighted by molar-refractivity contribution is 5.87. The quantitative estimate of drug-likeness (QED) is 0.814. The van der Waals surface area contributed by atoms with E-state index >= 15 is 0 Å². The largest absolute Gasteiger partial charge is 0.333 e. The zero-order valence-corrected chi connectivity index (χ0v) is 12.0. The molecule has 1 atom stereocenters. The van der Waals surface area contributed by atoms with Gasteiger partial charge in [0.1, 0.15) is 5.54 Å². The van der Waals surface area contributed by atoms with E-state index in [1.165, 1.54) is 0 Å². The Bertz CT molecular complexity index is 419. The standard InChI is InChI=1S/C15H20N2O.ClH/c1-4-11-17(12-5-2)14(18)15(3,16)13-9-7-6-8-10-13;/h4-10H,1-2,11-12,16H2,3H3;1H. The summed E-state index contributed by atoms with van der Waals surface area (Å²) in [5.74, 6) is -0.131. The summed E-state index contributed by atoms with van der Waals surface area (Å²) in [6.07, 6.45) is 3.37. The van der Waals surface area contributed by atoms with Crippen molar-refractivity contribution in [2.24, 2.45) is 5.73 Å². The second kappa shape index (κ2) is 7.77. The lowest BCUT2D eigenvalue weighted by Gasteiger charge is -2.31. The Balaban J connectivity index is 0.00000324. The van der Waals surface area contributed by atoms with Gasteiger partial charge >= 0.3 is 0 Å². The molecule has 0 saturated heterocycles. The first kappa shape index (κ1) is 17.4. The molecule has 1 rings (SSSR count). The third-order valence-corrected chi connectivity index (χ3v) is 2.80. The van der Waals surface area contributed by atoms with Crippen LogP contribution in [0.3, 0.4) is 0 Å². The van der Waals surface area contributed by atoms with Gasteiger partial charge in [-0.05, 0) is 12.5 Å². The van der Waals surface area contributed by atoms with E-state index in [1.54, 1.807) is 24.0 Å². The molecule has 0 spiro atoms. The summed E-state index contributed by atoms with van der Waals surface area (Å²) in [5, 5.41) is 0. The molecular weight excluding hydrogens is 260 g/mol. The van der Waals surface area contributed by atoms with E-state index in [9.17, 15) is 4.79 Å². The minimum atomic E-state index is -1.03. The van der Waals surface area contributed by atoms with E-state index in [1.807, 2.05) is 30.3 Å². The first-order chi connectivity index (χ1) is 8.54. The summed E-state index contributed by atoms with van der Waals surface area (Å²) in [7, 11) is 0. The lowest BCUT2D eigenvalue weighted by molar-refractivity contribution is -0.135. The molecule has 0 aliphatic heterocycles. The zero-order chi connectivity index (χ0) is 13.6. The van der Waals surface area contributed by atoms with Crippen LogP contribution < -0.4 is 5.73 Å². The highest BCUT2D eigenvalue weighted by Crippen LogP contribution is 2.20. The van der Waals surface area contributed by atoms with Crippen molar-refractivity contribution in [1.29, 1.82) is 0 Å². The number of nitrogens with two attached hydrogens (primary N) is 1. The van der Waals surface area contributed by atoms with E-state index in [2.05, 4.69) is 13.2 Å². The van der Waals surface area contributed by atoms with Gasteiger partial charge in [-0.25, -0.2) is 0 Å². The third kappa shape index (κ3) is 4.23. The predicted molar refractivity (Wildman–Crippen MR) is 82.2 cm³/mol. The molecule has 0 fully saturated rings. The van der Waals surface area contributed by atoms with E-state index in [0.29, 0.717) is 13.1 Å². The second-order valence-electron chi connectivity index (χ2n) is 4.36. The van der Waals surface area contributed by atoms with Crippen molar-refractivity contribution >= 4 is 18.3 Å². The summed E-state index contributed by atoms with van der Waals surface area (Å²) >= 11 is 0. The maximum absolute atomic E-state index is 12.5. The molecule has 2 N–H and O–H groups in total. The molecule has 1 aromatic rings. The second-order valence-corrected chi connectivity index (χ2v) is 4.36. The topological polar surface area (TPSA) is 46.3 Å². The molecule has 0 aliphatic rings. The SMILES string of the molecule is C=CCN(CC=C)C(=O)C(C)(N)c1ccccc1.Cl. The Morgan fingerprint density at radius 1 is 1.26 bits per heavy atom. The molecule has 0 saturated carbocycles. The first-order valence-corrected chi connectivity index (χ1v) is 5.89. The normalized spacial score (nSPS) is 12.7. The number of carbonyl (C=O) groups is 1. The van der Waals surface area contributed by atoms with Crippen LogP contribution in [-0.4, -0.2) is 23.9 Å². The van der Waals surface area contributed by atoms with Crippen molar-refractivity contribution in [3.05, 3.63) is 61.2 Å². The third-order valence-electron chi connectivity index (χ3n) is 2.80. The molecule has 1 unspecified atom stereocenters. The molecule has 0 aromatic heterocycles. The van der Waals surface area contributed by atoms with Gasteiger partial charge in [-0.2, -0.15) is 0 Å². The van der Waals surface area contributed by atoms with Gasteiger partial charge in [0.05, 0.1) is 0 Å². The minimum Gasteiger partial charge on any atom is -0.333 e. The summed E-state index contributed by atoms with van der Waals surface area (Å²) < 4.78 is 0. The lowest BCUT2D eigenvalue weighted by Crippen LogP contribution is -2.51. The summed E-state index contributed by atoms with van der Waals surface area (Å²) in [6.45, 7) is 9.95. The molecule has 0 heterocycles. The molecule has 1 aromatic carbocycles. The molecule has 0 radical (unpaired) electrons. The number of halogens is 1. The van der Waals surface area contributed by atoms with Crippen LogP contribution in [-0.2, 0) is 10.3 Å². The van der Waals surface area contributed by atoms with Crippen molar-refractivity contribution in [1.82, 2.24) is 4.90 Å². The molecule has 19 heavy (non-hydrogen) atoms. The number of nitrogens with zero attached hydrogens (tertiary/aromatic N) is 1. The average molecular weight is 281 g/mol. The maximum Gasteiger partial charge on any atom is 0.247 e. The Morgan fingerprint density at radius 3 is 2.16 bits per heavy atom. The van der Waals surface area contributed by atoms with E-state index in [4.69, 9.17) is 5.73 Å². The number of amides is 1. The smallest absolute Gasteiger partial charge is 0.247 e. The van der Waals surface area contributed by atoms with Gasteiger partial charge in [0.15, 0.2) is 0 Å². The fourth-order valence-electron chi connectivity index (χ4n) is 1.79. The number of carbonyl (C=O) groups excluding carboxylic acids is 1. The van der Waals surface area contributed by atoms with Crippen LogP contribution in [0.2, 0.25) is 0 Å². The average Bonchev–Trinajstić information content (AvgIpc) is 2.38. The molecule has 4 heteroatoms. The Morgan fingerprint density at radius 2 is 1.74 bits per heavy atom. The number of hydrogen-bond acceptors (Lipinski definition) is 2. The number of benzene rings is 1. The lowest BCUT2D eigenvalue weighted by atomic mass is 9.91. The summed E-state index contributed by atoms with van der Waals surface area (Å²) in [5.41, 5.74) is 5.95. The summed E-state index contributed by atoms with van der Waals surface area (Å²) in [4.78, 5) is 14.1. The van der Waals surface area contributed by atoms with Gasteiger partial charge in [0.25, 0.3) is 0 Å². The van der Waals surface area contributed by atoms with Gasteiger partial charge in [-0.3, -0.25) is 4.79 Å². The minimum absolute atomic E-state index is 0. The van der Waals surface area contributed by atoms with Crippen LogP contribution in [0.4, 0.5) is 0 Å². The van der Waals surface area contributed by atoms with Crippen LogP contribution >= 0.6 is 12.4 Å². The van der Waals surface area contributed by atoms with Crippen LogP contribution in [0, 0.1) is 0 Å². The monoisotopic (exact) mass is 280 g/mol. The van der Waals surface area contributed by atoms with Crippen molar-refractivity contribution in [3.8, 4) is 0 Å². The van der Waals surface area contributed by atoms with Gasteiger partial charge < -0.3 is 10.6 Å². The van der Waals surface area contributed by atoms with Crippen molar-refractivity contribution in [3.63, 3.8) is 0 Å². The Kier molecular flexibility index (Phi) is 7.12. The first-order valence-electron chi connectivity index (χ1n) is 5.89. The number of hydrogen-bond donors (Lipinski definition) is 1. The highest BCUT2D eigenvalue weighted by Gasteiger charge is 2.33. The fourth-order valence-corrected chi connectivity index (χ4v) is 1.79. The molecular formula is C15H21ClN2O. The van der Waals surface area contributed by atoms with E-state index < -0.39 is 5.54 Å². The highest BCUT2D eigenvalue weighted by atomic mass is 35.5. The van der Waals surface area contributed by atoms with Crippen LogP contribution in [0.5, 0.6) is 0 Å². The van der Waals surface area contributed by atoms with Gasteiger partial charge in [-0.1, -0.05) is 42.5 Å². The molecule has 3 nitrogen and oxygen atoms in total. The van der Waals surface area contributed by atoms with Crippen molar-refractivity contribution in [2.75, 3.05) is 13.1 Å². The number of rotatable bonds is 6. The maximum atomic E-state index is 12.5. The summed E-state index contributed by atoms with van der Waals surface area (Å²) in [6, 6.07) is 9.36. The van der Waals surface area contributed by atoms with Gasteiger partial charge in [-0.15, -0.1) is 25.6 Å². The Labute approximate surface area is 121 Å². The Hall–Kier alpha value is -1.58. The van der Waals surface area contributed by atoms with Crippen molar-refractivity contribution < 1.29 is 4.79 Å². The molecule has 0 bridgehead atoms. The van der Waals surface area contributed by atoms with Crippen LogP contribution in [0.15, 0.2) is 55.6 Å². The fraction of sp³-hybridized carbons (Fsp3) is 0.267. The van der Waals surface area contributed by atoms with Gasteiger partial charge in [0.2, 0.25) is 5.91 Å². The van der Waals surface area contributed by atoms with Gasteiger partial charge in [0, 0.05) is 13.1 Å². The predicted octanol–water partition coefficient (Wildman–Crippen LogP) is 2.48. The van der Waals surface area contributed by atoms with E-state index in [0.717, 1.165) is 5.56 Å². The molecule has 104 valence electrons. The van der Waals surface area contributed by atoms with Crippen molar-refractivity contribution in [2.45, 2.75) is 12.5 Å². The van der Waals surface area contributed by atoms with E-state index in [-0.39, 0.29) is 18.3 Å². The zero-order valence-electron chi connectivity index (χ0n) is 11.2. The molecule has 0 aliphatic carbocycles. The molecule has 1 amide bonds. The van der Waals surface area contributed by atoms with Crippen LogP contribution in [0.25, 0.3) is 0 Å².